The Kier molecular flexibility index (Phi) is 6.46. The Morgan fingerprint density at radius 1 is 1.09 bits per heavy atom. The number of pyridine rings is 1. The number of rotatable bonds is 5. The summed E-state index contributed by atoms with van der Waals surface area (Å²) in [5.41, 5.74) is 1.02. The molecule has 2 bridgehead atoms. The topological polar surface area (TPSA) is 78.0 Å². The van der Waals surface area contributed by atoms with Gasteiger partial charge in [-0.2, -0.15) is 0 Å². The molecule has 7 nitrogen and oxygen atoms in total. The van der Waals surface area contributed by atoms with E-state index in [4.69, 9.17) is 14.2 Å². The molecule has 1 amide bonds. The lowest BCUT2D eigenvalue weighted by atomic mass is 9.81. The molecule has 2 aliphatic rings. The van der Waals surface area contributed by atoms with Crippen LogP contribution in [0, 0.1) is 5.92 Å². The molecule has 3 heterocycles. The van der Waals surface area contributed by atoms with E-state index < -0.39 is 5.60 Å². The third kappa shape index (κ3) is 5.27. The van der Waals surface area contributed by atoms with Gasteiger partial charge in [-0.3, -0.25) is 14.7 Å². The van der Waals surface area contributed by atoms with E-state index >= 15 is 0 Å². The number of nitrogens with zero attached hydrogens (tertiary/aromatic N) is 2. The number of morpholine rings is 1. The van der Waals surface area contributed by atoms with Gasteiger partial charge in [-0.1, -0.05) is 30.3 Å². The smallest absolute Gasteiger partial charge is 0.410 e. The summed E-state index contributed by atoms with van der Waals surface area (Å²) < 4.78 is 17.1. The minimum atomic E-state index is -0.565. The van der Waals surface area contributed by atoms with E-state index in [2.05, 4.69) is 4.98 Å². The summed E-state index contributed by atoms with van der Waals surface area (Å²) in [5, 5.41) is 0. The Bertz CT molecular complexity index is 942. The number of ether oxygens (including phenoxy) is 3. The first-order valence-electron chi connectivity index (χ1n) is 11.1. The second-order valence-corrected chi connectivity index (χ2v) is 9.45. The van der Waals surface area contributed by atoms with Gasteiger partial charge in [-0.25, -0.2) is 4.79 Å². The predicted octanol–water partition coefficient (Wildman–Crippen LogP) is 4.26. The first-order valence-corrected chi connectivity index (χ1v) is 11.1. The lowest BCUT2D eigenvalue weighted by Gasteiger charge is -2.47. The highest BCUT2D eigenvalue weighted by Crippen LogP contribution is 2.35. The Morgan fingerprint density at radius 2 is 1.78 bits per heavy atom. The van der Waals surface area contributed by atoms with E-state index in [-0.39, 0.29) is 29.9 Å². The summed E-state index contributed by atoms with van der Waals surface area (Å²) in [4.78, 5) is 32.0. The van der Waals surface area contributed by atoms with Gasteiger partial charge in [0.15, 0.2) is 5.78 Å². The van der Waals surface area contributed by atoms with Gasteiger partial charge < -0.3 is 14.2 Å². The summed E-state index contributed by atoms with van der Waals surface area (Å²) in [7, 11) is 0. The molecule has 2 unspecified atom stereocenters. The second kappa shape index (κ2) is 9.28. The van der Waals surface area contributed by atoms with Gasteiger partial charge in [-0.15, -0.1) is 0 Å². The highest BCUT2D eigenvalue weighted by atomic mass is 16.6. The molecule has 4 rings (SSSR count). The van der Waals surface area contributed by atoms with Crippen molar-refractivity contribution in [2.45, 2.75) is 57.9 Å². The van der Waals surface area contributed by atoms with E-state index in [1.54, 1.807) is 23.4 Å². The fourth-order valence-electron chi connectivity index (χ4n) is 4.35. The maximum atomic E-state index is 13.3. The molecule has 2 atom stereocenters. The van der Waals surface area contributed by atoms with Gasteiger partial charge in [0.1, 0.15) is 18.0 Å². The average Bonchev–Trinajstić information content (AvgIpc) is 2.76. The lowest BCUT2D eigenvalue weighted by molar-refractivity contribution is -0.0861. The summed E-state index contributed by atoms with van der Waals surface area (Å²) >= 11 is 0. The van der Waals surface area contributed by atoms with Crippen LogP contribution in [0.1, 0.15) is 49.5 Å². The summed E-state index contributed by atoms with van der Waals surface area (Å²) in [6, 6.07) is 11.3. The molecule has 0 N–H and O–H groups in total. The zero-order chi connectivity index (χ0) is 22.7. The average molecular weight is 439 g/mol. The van der Waals surface area contributed by atoms with E-state index in [0.717, 1.165) is 5.56 Å². The van der Waals surface area contributed by atoms with Gasteiger partial charge in [-0.05, 0) is 45.2 Å². The molecule has 0 spiro atoms. The highest BCUT2D eigenvalue weighted by molar-refractivity contribution is 5.98. The van der Waals surface area contributed by atoms with E-state index in [0.29, 0.717) is 44.0 Å². The van der Waals surface area contributed by atoms with Crippen LogP contribution in [0.3, 0.4) is 0 Å². The van der Waals surface area contributed by atoms with Gasteiger partial charge in [0, 0.05) is 17.7 Å². The minimum absolute atomic E-state index is 0.0309. The maximum Gasteiger partial charge on any atom is 0.410 e. The molecule has 32 heavy (non-hydrogen) atoms. The third-order valence-corrected chi connectivity index (χ3v) is 5.74. The number of piperidine rings is 1. The first kappa shape index (κ1) is 22.3. The van der Waals surface area contributed by atoms with E-state index in [9.17, 15) is 9.59 Å². The standard InChI is InChI=1S/C25H30N2O5/c1-25(2,3)32-24(29)27-20-9-18(10-21(27)16-30-15-20)23(28)19-11-22(13-26-12-19)31-14-17-7-5-4-6-8-17/h4-8,11-13,18,20-21H,9-10,14-16H2,1-3H3. The number of Topliss-reactive ketones (excluding diaryl/α,β-unsaturated/α-hetero) is 1. The van der Waals surface area contributed by atoms with Crippen LogP contribution in [0.15, 0.2) is 48.8 Å². The number of aromatic nitrogens is 1. The van der Waals surface area contributed by atoms with Crippen molar-refractivity contribution in [1.82, 2.24) is 9.88 Å². The first-order chi connectivity index (χ1) is 15.3. The van der Waals surface area contributed by atoms with Crippen LogP contribution in [-0.2, 0) is 16.1 Å². The zero-order valence-electron chi connectivity index (χ0n) is 18.8. The van der Waals surface area contributed by atoms with E-state index in [1.807, 2.05) is 51.1 Å². The maximum absolute atomic E-state index is 13.3. The Hall–Kier alpha value is -2.93. The fraction of sp³-hybridized carbons (Fsp3) is 0.480. The number of benzene rings is 1. The SMILES string of the molecule is CC(C)(C)OC(=O)N1C2COCC1CC(C(=O)c1cncc(OCc3ccccc3)c1)C2. The van der Waals surface area contributed by atoms with Gasteiger partial charge in [0.25, 0.3) is 0 Å². The van der Waals surface area contributed by atoms with Gasteiger partial charge in [0.2, 0.25) is 0 Å². The number of hydrogen-bond donors (Lipinski definition) is 0. The molecule has 2 saturated heterocycles. The lowest BCUT2D eigenvalue weighted by Crippen LogP contribution is -2.60. The molecule has 2 fully saturated rings. The van der Waals surface area contributed by atoms with Gasteiger partial charge in [0.05, 0.1) is 31.5 Å². The van der Waals surface area contributed by atoms with Crippen LogP contribution < -0.4 is 4.74 Å². The molecule has 170 valence electrons. The van der Waals surface area contributed by atoms with Crippen LogP contribution in [0.2, 0.25) is 0 Å². The fourth-order valence-corrected chi connectivity index (χ4v) is 4.35. The molecular formula is C25H30N2O5. The Balaban J connectivity index is 1.43. The zero-order valence-corrected chi connectivity index (χ0v) is 18.8. The number of amides is 1. The number of carbonyl (C=O) groups is 2. The van der Waals surface area contributed by atoms with Crippen molar-refractivity contribution in [2.75, 3.05) is 13.2 Å². The number of carbonyl (C=O) groups excluding carboxylic acids is 2. The van der Waals surface area contributed by atoms with Crippen LogP contribution in [0.25, 0.3) is 0 Å². The van der Waals surface area contributed by atoms with Gasteiger partial charge >= 0.3 is 6.09 Å². The summed E-state index contributed by atoms with van der Waals surface area (Å²) in [5.74, 6) is 0.400. The molecule has 0 saturated carbocycles. The molecule has 7 heteroatoms. The van der Waals surface area contributed by atoms with Crippen molar-refractivity contribution in [1.29, 1.82) is 0 Å². The summed E-state index contributed by atoms with van der Waals surface area (Å²) in [6.45, 7) is 6.81. The van der Waals surface area contributed by atoms with Crippen molar-refractivity contribution in [2.24, 2.45) is 5.92 Å². The molecular weight excluding hydrogens is 408 g/mol. The minimum Gasteiger partial charge on any atom is -0.487 e. The van der Waals surface area contributed by atoms with Crippen molar-refractivity contribution in [3.05, 3.63) is 59.9 Å². The van der Waals surface area contributed by atoms with Crippen molar-refractivity contribution in [3.8, 4) is 5.75 Å². The predicted molar refractivity (Wildman–Crippen MR) is 119 cm³/mol. The monoisotopic (exact) mass is 438 g/mol. The Morgan fingerprint density at radius 3 is 2.44 bits per heavy atom. The normalized spacial score (nSPS) is 22.8. The largest absolute Gasteiger partial charge is 0.487 e. The number of ketones is 1. The van der Waals surface area contributed by atoms with Crippen LogP contribution >= 0.6 is 0 Å². The molecule has 2 aliphatic heterocycles. The van der Waals surface area contributed by atoms with Crippen LogP contribution in [0.4, 0.5) is 4.79 Å². The number of fused-ring (bicyclic) bond motifs is 2. The van der Waals surface area contributed by atoms with E-state index in [1.165, 1.54) is 0 Å². The van der Waals surface area contributed by atoms with Crippen LogP contribution in [0.5, 0.6) is 5.75 Å². The highest BCUT2D eigenvalue weighted by Gasteiger charge is 2.45. The van der Waals surface area contributed by atoms with Crippen molar-refractivity contribution >= 4 is 11.9 Å². The van der Waals surface area contributed by atoms with Crippen molar-refractivity contribution in [3.63, 3.8) is 0 Å². The van der Waals surface area contributed by atoms with Crippen molar-refractivity contribution < 1.29 is 23.8 Å². The van der Waals surface area contributed by atoms with Crippen LogP contribution in [-0.4, -0.2) is 52.7 Å². The molecule has 0 aliphatic carbocycles. The molecule has 1 aromatic heterocycles. The molecule has 0 radical (unpaired) electrons. The summed E-state index contributed by atoms with van der Waals surface area (Å²) in [6.07, 6.45) is 3.96. The number of hydrogen-bond acceptors (Lipinski definition) is 6. The quantitative estimate of drug-likeness (QED) is 0.649. The molecule has 1 aromatic carbocycles. The third-order valence-electron chi connectivity index (χ3n) is 5.74. The Labute approximate surface area is 188 Å². The molecule has 2 aromatic rings. The second-order valence-electron chi connectivity index (χ2n) is 9.45.